The second-order valence-corrected chi connectivity index (χ2v) is 8.92. The first-order chi connectivity index (χ1) is 14.5. The first kappa shape index (κ1) is 21.9. The summed E-state index contributed by atoms with van der Waals surface area (Å²) in [6.07, 6.45) is -4.89. The fraction of sp³-hybridized carbons (Fsp3) is 0.300. The zero-order valence-electron chi connectivity index (χ0n) is 16.3. The van der Waals surface area contributed by atoms with Crippen LogP contribution in [0.3, 0.4) is 0 Å². The molecule has 0 spiro atoms. The van der Waals surface area contributed by atoms with E-state index in [4.69, 9.17) is 4.42 Å². The van der Waals surface area contributed by atoms with Gasteiger partial charge in [-0.05, 0) is 81.1 Å². The lowest BCUT2D eigenvalue weighted by Crippen LogP contribution is -2.35. The summed E-state index contributed by atoms with van der Waals surface area (Å²) >= 11 is 6.43. The molecule has 164 valence electrons. The highest BCUT2D eigenvalue weighted by atomic mass is 79.9. The lowest BCUT2D eigenvalue weighted by atomic mass is 10.0. The number of nitrogens with one attached hydrogen (secondary N) is 2. The van der Waals surface area contributed by atoms with Crippen LogP contribution in [-0.4, -0.2) is 21.9 Å². The number of halogens is 5. The zero-order chi connectivity index (χ0) is 22.5. The Hall–Kier alpha value is -2.27. The average molecular weight is 562 g/mol. The summed E-state index contributed by atoms with van der Waals surface area (Å²) < 4.78 is 48.4. The van der Waals surface area contributed by atoms with Crippen LogP contribution in [0, 0.1) is 13.8 Å². The predicted molar refractivity (Wildman–Crippen MR) is 116 cm³/mol. The lowest BCUT2D eigenvalue weighted by Gasteiger charge is -2.32. The van der Waals surface area contributed by atoms with Crippen molar-refractivity contribution in [1.29, 1.82) is 0 Å². The van der Waals surface area contributed by atoms with E-state index in [-0.39, 0.29) is 22.4 Å². The molecule has 31 heavy (non-hydrogen) atoms. The minimum atomic E-state index is -4.56. The number of aryl methyl sites for hydroxylation is 2. The maximum Gasteiger partial charge on any atom is 0.410 e. The summed E-state index contributed by atoms with van der Waals surface area (Å²) in [5, 5.41) is 9.71. The van der Waals surface area contributed by atoms with Gasteiger partial charge in [-0.25, -0.2) is 4.68 Å². The molecule has 0 fully saturated rings. The van der Waals surface area contributed by atoms with Gasteiger partial charge in [0, 0.05) is 12.1 Å². The summed E-state index contributed by atoms with van der Waals surface area (Å²) in [5.74, 6) is -0.199. The molecule has 2 atom stereocenters. The first-order valence-electron chi connectivity index (χ1n) is 9.29. The molecule has 3 heterocycles. The number of nitrogens with zero attached hydrogens (tertiary/aromatic N) is 2. The third kappa shape index (κ3) is 4.25. The van der Waals surface area contributed by atoms with E-state index in [1.807, 2.05) is 19.9 Å². The highest BCUT2D eigenvalue weighted by Crippen LogP contribution is 2.46. The molecular weight excluding hydrogens is 545 g/mol. The van der Waals surface area contributed by atoms with Crippen LogP contribution in [0.15, 0.2) is 43.9 Å². The molecule has 0 bridgehead atoms. The summed E-state index contributed by atoms with van der Waals surface area (Å²) in [4.78, 5) is 12.8. The van der Waals surface area contributed by atoms with Gasteiger partial charge in [0.1, 0.15) is 11.6 Å². The minimum Gasteiger partial charge on any atom is -0.452 e. The number of carbonyl (C=O) groups excluding carboxylic acids is 1. The number of aromatic nitrogens is 2. The topological polar surface area (TPSA) is 72.1 Å². The fourth-order valence-electron chi connectivity index (χ4n) is 3.45. The zero-order valence-corrected chi connectivity index (χ0v) is 19.5. The molecule has 1 aromatic carbocycles. The smallest absolute Gasteiger partial charge is 0.410 e. The molecule has 2 N–H and O–H groups in total. The van der Waals surface area contributed by atoms with E-state index in [0.717, 1.165) is 15.8 Å². The Morgan fingerprint density at radius 1 is 1.23 bits per heavy atom. The quantitative estimate of drug-likeness (QED) is 0.381. The van der Waals surface area contributed by atoms with Crippen molar-refractivity contribution >= 4 is 49.3 Å². The van der Waals surface area contributed by atoms with Gasteiger partial charge in [0.15, 0.2) is 16.4 Å². The van der Waals surface area contributed by atoms with Gasteiger partial charge in [-0.3, -0.25) is 4.79 Å². The maximum absolute atomic E-state index is 13.8. The number of hydrogen-bond acceptors (Lipinski definition) is 4. The van der Waals surface area contributed by atoms with Crippen molar-refractivity contribution in [3.63, 3.8) is 0 Å². The molecule has 0 saturated heterocycles. The number of furan rings is 1. The van der Waals surface area contributed by atoms with Crippen molar-refractivity contribution in [1.82, 2.24) is 9.78 Å². The summed E-state index contributed by atoms with van der Waals surface area (Å²) in [6.45, 7) is 3.85. The van der Waals surface area contributed by atoms with Crippen LogP contribution in [0.5, 0.6) is 0 Å². The van der Waals surface area contributed by atoms with Crippen molar-refractivity contribution in [2.45, 2.75) is 38.5 Å². The van der Waals surface area contributed by atoms with Crippen LogP contribution in [0.1, 0.15) is 45.9 Å². The number of carbonyl (C=O) groups is 1. The molecule has 2 aromatic heterocycles. The van der Waals surface area contributed by atoms with Crippen molar-refractivity contribution in [3.8, 4) is 0 Å². The Labute approximate surface area is 192 Å². The molecule has 1 amide bonds. The predicted octanol–water partition coefficient (Wildman–Crippen LogP) is 6.53. The van der Waals surface area contributed by atoms with Gasteiger partial charge in [0.25, 0.3) is 5.91 Å². The minimum absolute atomic E-state index is 0.0661. The van der Waals surface area contributed by atoms with Crippen molar-refractivity contribution in [2.75, 3.05) is 10.6 Å². The monoisotopic (exact) mass is 560 g/mol. The molecule has 1 aliphatic heterocycles. The highest BCUT2D eigenvalue weighted by molar-refractivity contribution is 9.10. The Morgan fingerprint density at radius 3 is 2.58 bits per heavy atom. The molecule has 0 aliphatic carbocycles. The van der Waals surface area contributed by atoms with Crippen LogP contribution >= 0.6 is 31.9 Å². The Kier molecular flexibility index (Phi) is 5.67. The van der Waals surface area contributed by atoms with E-state index >= 15 is 0 Å². The molecule has 4 rings (SSSR count). The van der Waals surface area contributed by atoms with Gasteiger partial charge in [0.05, 0.1) is 10.5 Å². The number of benzene rings is 1. The normalized spacial score (nSPS) is 18.4. The second-order valence-electron chi connectivity index (χ2n) is 7.34. The van der Waals surface area contributed by atoms with E-state index in [2.05, 4.69) is 47.6 Å². The molecular formula is C20H17Br2F3N4O2. The maximum atomic E-state index is 13.8. The summed E-state index contributed by atoms with van der Waals surface area (Å²) in [6, 6.07) is 5.92. The number of alkyl halides is 3. The number of fused-ring (bicyclic) bond motifs is 1. The average Bonchev–Trinajstić information content (AvgIpc) is 3.27. The Morgan fingerprint density at radius 2 is 1.97 bits per heavy atom. The van der Waals surface area contributed by atoms with Gasteiger partial charge in [-0.1, -0.05) is 6.07 Å². The van der Waals surface area contributed by atoms with Gasteiger partial charge in [-0.15, -0.1) is 0 Å². The van der Waals surface area contributed by atoms with Gasteiger partial charge < -0.3 is 15.1 Å². The third-order valence-corrected chi connectivity index (χ3v) is 6.39. The molecule has 2 unspecified atom stereocenters. The molecule has 6 nitrogen and oxygen atoms in total. The van der Waals surface area contributed by atoms with Crippen molar-refractivity contribution < 1.29 is 22.4 Å². The van der Waals surface area contributed by atoms with Gasteiger partial charge in [-0.2, -0.15) is 18.3 Å². The van der Waals surface area contributed by atoms with Gasteiger partial charge >= 0.3 is 6.18 Å². The van der Waals surface area contributed by atoms with Crippen molar-refractivity contribution in [2.24, 2.45) is 0 Å². The molecule has 0 radical (unpaired) electrons. The molecule has 11 heteroatoms. The largest absolute Gasteiger partial charge is 0.452 e. The molecule has 0 saturated carbocycles. The first-order valence-corrected chi connectivity index (χ1v) is 10.9. The Balaban J connectivity index is 1.69. The van der Waals surface area contributed by atoms with Crippen LogP contribution in [0.25, 0.3) is 0 Å². The van der Waals surface area contributed by atoms with Crippen LogP contribution in [0.2, 0.25) is 0 Å². The number of hydrogen-bond donors (Lipinski definition) is 2. The fourth-order valence-corrected chi connectivity index (χ4v) is 4.32. The highest BCUT2D eigenvalue weighted by Gasteiger charge is 2.48. The molecule has 1 aliphatic rings. The van der Waals surface area contributed by atoms with Crippen LogP contribution in [0.4, 0.5) is 24.7 Å². The van der Waals surface area contributed by atoms with E-state index in [1.54, 1.807) is 24.3 Å². The van der Waals surface area contributed by atoms with E-state index in [1.165, 1.54) is 0 Å². The van der Waals surface area contributed by atoms with Gasteiger partial charge in [0.2, 0.25) is 0 Å². The van der Waals surface area contributed by atoms with E-state index < -0.39 is 24.2 Å². The number of anilines is 2. The third-order valence-electron chi connectivity index (χ3n) is 5.21. The van der Waals surface area contributed by atoms with E-state index in [9.17, 15) is 18.0 Å². The van der Waals surface area contributed by atoms with Crippen LogP contribution < -0.4 is 10.6 Å². The van der Waals surface area contributed by atoms with Crippen molar-refractivity contribution in [3.05, 3.63) is 62.1 Å². The standard InChI is InChI=1S/C20H17Br2F3N4O2/c1-9-3-4-11(7-10(9)2)26-19(30)17-16(22)18-27-12(13-5-6-15(21)31-13)8-14(20(23,24)25)29(18)28-17/h3-7,12,14,27H,8H2,1-2H3,(H,26,30). The Bertz CT molecular complexity index is 1160. The second kappa shape index (κ2) is 8.01. The number of amides is 1. The lowest BCUT2D eigenvalue weighted by molar-refractivity contribution is -0.174. The van der Waals surface area contributed by atoms with Crippen LogP contribution in [-0.2, 0) is 0 Å². The number of rotatable bonds is 3. The summed E-state index contributed by atoms with van der Waals surface area (Å²) in [7, 11) is 0. The molecule has 3 aromatic rings. The summed E-state index contributed by atoms with van der Waals surface area (Å²) in [5.41, 5.74) is 2.43. The van der Waals surface area contributed by atoms with E-state index in [0.29, 0.717) is 16.1 Å². The SMILES string of the molecule is Cc1ccc(NC(=O)c2nn3c(c2Br)NC(c2ccc(Br)o2)CC3C(F)(F)F)cc1C.